The summed E-state index contributed by atoms with van der Waals surface area (Å²) in [4.78, 5) is 13.1. The van der Waals surface area contributed by atoms with Crippen LogP contribution in [0.4, 0.5) is 51.3 Å². The third-order valence-corrected chi connectivity index (χ3v) is 13.6. The molecule has 2 aliphatic heterocycles. The average Bonchev–Trinajstić information content (AvgIpc) is 3.68. The van der Waals surface area contributed by atoms with Crippen molar-refractivity contribution in [1.29, 1.82) is 0 Å². The summed E-state index contributed by atoms with van der Waals surface area (Å²) in [5.41, 5.74) is 17.4. The highest BCUT2D eigenvalue weighted by atomic mass is 15.3. The molecule has 65 heavy (non-hydrogen) atoms. The van der Waals surface area contributed by atoms with Crippen LogP contribution in [0.25, 0.3) is 16.4 Å². The molecule has 7 aromatic carbocycles. The first-order valence-electron chi connectivity index (χ1n) is 23.1. The SMILES string of the molecule is CC(C)(C)c1ccc(N(c2ccc(C(C)(C)C)cc2)c2ccc3c(c2)N(c2ccccc2)c2cc(C(C)(C)C)cc4c2B3c2nc3ccccn3c2N4c2cccc3ccccc23)cc1. The zero-order valence-electron chi connectivity index (χ0n) is 39.1. The lowest BCUT2D eigenvalue weighted by Crippen LogP contribution is -2.62. The van der Waals surface area contributed by atoms with Gasteiger partial charge in [0.1, 0.15) is 11.5 Å². The van der Waals surface area contributed by atoms with Crippen LogP contribution >= 0.6 is 0 Å². The summed E-state index contributed by atoms with van der Waals surface area (Å²) in [5.74, 6) is 1.08. The minimum Gasteiger partial charge on any atom is -0.311 e. The van der Waals surface area contributed by atoms with E-state index in [0.29, 0.717) is 0 Å². The van der Waals surface area contributed by atoms with Gasteiger partial charge in [-0.15, -0.1) is 0 Å². The Labute approximate surface area is 384 Å². The second kappa shape index (κ2) is 14.7. The Balaban J connectivity index is 1.21. The van der Waals surface area contributed by atoms with E-state index in [1.807, 2.05) is 0 Å². The van der Waals surface area contributed by atoms with Crippen LogP contribution in [0.15, 0.2) is 176 Å². The van der Waals surface area contributed by atoms with Crippen molar-refractivity contribution in [2.45, 2.75) is 78.6 Å². The van der Waals surface area contributed by atoms with E-state index >= 15 is 0 Å². The molecule has 0 radical (unpaired) electrons. The summed E-state index contributed by atoms with van der Waals surface area (Å²) in [6.45, 7) is 20.5. The topological polar surface area (TPSA) is 27.0 Å². The Morgan fingerprint density at radius 1 is 0.462 bits per heavy atom. The van der Waals surface area contributed by atoms with Crippen LogP contribution in [0.2, 0.25) is 0 Å². The van der Waals surface area contributed by atoms with Gasteiger partial charge in [0.05, 0.1) is 11.3 Å². The molecule has 9 aromatic rings. The molecule has 2 aliphatic rings. The first-order valence-corrected chi connectivity index (χ1v) is 23.1. The molecule has 5 nitrogen and oxygen atoms in total. The van der Waals surface area contributed by atoms with Gasteiger partial charge in [0.2, 0.25) is 0 Å². The summed E-state index contributed by atoms with van der Waals surface area (Å²) in [5, 5.41) is 2.41. The predicted octanol–water partition coefficient (Wildman–Crippen LogP) is 13.9. The largest absolute Gasteiger partial charge is 0.311 e. The quantitative estimate of drug-likeness (QED) is 0.161. The first-order chi connectivity index (χ1) is 31.1. The number of aromatic nitrogens is 2. The normalized spacial score (nSPS) is 13.5. The fourth-order valence-electron chi connectivity index (χ4n) is 10.1. The van der Waals surface area contributed by atoms with Crippen LogP contribution in [-0.2, 0) is 16.2 Å². The number of pyridine rings is 1. The smallest absolute Gasteiger partial charge is 0.277 e. The lowest BCUT2D eigenvalue weighted by molar-refractivity contribution is 0.590. The van der Waals surface area contributed by atoms with Crippen LogP contribution in [0.3, 0.4) is 0 Å². The molecule has 0 spiro atoms. The Kier molecular flexibility index (Phi) is 9.24. The van der Waals surface area contributed by atoms with Gasteiger partial charge in [-0.1, -0.05) is 153 Å². The van der Waals surface area contributed by atoms with Gasteiger partial charge in [0, 0.05) is 51.4 Å². The van der Waals surface area contributed by atoms with Crippen molar-refractivity contribution in [2.24, 2.45) is 0 Å². The third-order valence-electron chi connectivity index (χ3n) is 13.6. The van der Waals surface area contributed by atoms with Gasteiger partial charge in [-0.3, -0.25) is 9.30 Å². The molecule has 6 heteroatoms. The van der Waals surface area contributed by atoms with E-state index in [9.17, 15) is 0 Å². The van der Waals surface area contributed by atoms with Crippen LogP contribution in [0.1, 0.15) is 79.0 Å². The summed E-state index contributed by atoms with van der Waals surface area (Å²) < 4.78 is 2.30. The first kappa shape index (κ1) is 40.7. The van der Waals surface area contributed by atoms with E-state index in [0.717, 1.165) is 51.2 Å². The van der Waals surface area contributed by atoms with Crippen molar-refractivity contribution in [3.8, 4) is 0 Å². The lowest BCUT2D eigenvalue weighted by atomic mass is 9.35. The van der Waals surface area contributed by atoms with Crippen LogP contribution in [0, 0.1) is 0 Å². The standard InChI is InChI=1S/C59H56BN5/c1-57(2,3)40-25-29-44(30-26-40)63(45-31-27-41(28-32-45)58(4,5)6)46-33-34-48-50(38-46)64(43-20-11-10-12-21-43)51-36-42(59(7,8)9)37-52-54(51)60(48)55-56(62-35-16-15-24-53(62)61-55)65(52)49-23-17-19-39-18-13-14-22-47(39)49/h10-38H,1-9H3. The van der Waals surface area contributed by atoms with Gasteiger partial charge in [-0.2, -0.15) is 0 Å². The number of imidazole rings is 1. The molecule has 0 unspecified atom stereocenters. The van der Waals surface area contributed by atoms with Gasteiger partial charge < -0.3 is 9.80 Å². The highest BCUT2D eigenvalue weighted by Crippen LogP contribution is 2.49. The van der Waals surface area contributed by atoms with Gasteiger partial charge in [0.25, 0.3) is 6.71 Å². The molecule has 0 saturated carbocycles. The molecule has 0 aliphatic carbocycles. The maximum Gasteiger partial charge on any atom is 0.277 e. The number of anilines is 9. The molecule has 0 saturated heterocycles. The molecule has 0 amide bonds. The van der Waals surface area contributed by atoms with Crippen molar-refractivity contribution in [2.75, 3.05) is 14.7 Å². The van der Waals surface area contributed by atoms with E-state index in [1.54, 1.807) is 0 Å². The summed E-state index contributed by atoms with van der Waals surface area (Å²) in [6, 6.07) is 63.1. The Bertz CT molecular complexity index is 3210. The van der Waals surface area contributed by atoms with Crippen molar-refractivity contribution in [1.82, 2.24) is 9.38 Å². The molecular weight excluding hydrogens is 789 g/mol. The summed E-state index contributed by atoms with van der Waals surface area (Å²) in [7, 11) is 0. The van der Waals surface area contributed by atoms with E-state index in [-0.39, 0.29) is 23.0 Å². The number of para-hydroxylation sites is 1. The fourth-order valence-corrected chi connectivity index (χ4v) is 10.1. The Morgan fingerprint density at radius 3 is 1.68 bits per heavy atom. The highest BCUT2D eigenvalue weighted by molar-refractivity contribution is 7.00. The maximum atomic E-state index is 5.60. The predicted molar refractivity (Wildman–Crippen MR) is 278 cm³/mol. The number of hydrogen-bond acceptors (Lipinski definition) is 4. The van der Waals surface area contributed by atoms with Gasteiger partial charge in [0.15, 0.2) is 0 Å². The molecule has 0 bridgehead atoms. The van der Waals surface area contributed by atoms with E-state index in [4.69, 9.17) is 4.98 Å². The molecule has 0 atom stereocenters. The number of nitrogens with zero attached hydrogens (tertiary/aromatic N) is 5. The van der Waals surface area contributed by atoms with Crippen molar-refractivity contribution in [3.05, 3.63) is 193 Å². The number of benzene rings is 7. The maximum absolute atomic E-state index is 5.60. The van der Waals surface area contributed by atoms with E-state index in [2.05, 4.69) is 257 Å². The minimum absolute atomic E-state index is 0.0395. The van der Waals surface area contributed by atoms with Gasteiger partial charge >= 0.3 is 0 Å². The fraction of sp³-hybridized carbons (Fsp3) is 0.203. The molecule has 0 fully saturated rings. The van der Waals surface area contributed by atoms with Crippen molar-refractivity contribution >= 4 is 91.0 Å². The van der Waals surface area contributed by atoms with E-state index < -0.39 is 0 Å². The summed E-state index contributed by atoms with van der Waals surface area (Å²) >= 11 is 0. The highest BCUT2D eigenvalue weighted by Gasteiger charge is 2.47. The third kappa shape index (κ3) is 6.72. The second-order valence-corrected chi connectivity index (χ2v) is 21.0. The molecule has 2 aromatic heterocycles. The Morgan fingerprint density at radius 2 is 1.03 bits per heavy atom. The van der Waals surface area contributed by atoms with Crippen LogP contribution in [-0.4, -0.2) is 16.1 Å². The zero-order chi connectivity index (χ0) is 45.0. The molecule has 11 rings (SSSR count). The molecule has 320 valence electrons. The van der Waals surface area contributed by atoms with Crippen molar-refractivity contribution in [3.63, 3.8) is 0 Å². The second-order valence-electron chi connectivity index (χ2n) is 21.0. The molecule has 0 N–H and O–H groups in total. The van der Waals surface area contributed by atoms with Crippen LogP contribution < -0.4 is 31.2 Å². The number of rotatable bonds is 5. The Hall–Kier alpha value is -7.05. The van der Waals surface area contributed by atoms with Crippen molar-refractivity contribution < 1.29 is 0 Å². The number of hydrogen-bond donors (Lipinski definition) is 0. The lowest BCUT2D eigenvalue weighted by Gasteiger charge is -2.44. The van der Waals surface area contributed by atoms with Gasteiger partial charge in [-0.25, -0.2) is 4.98 Å². The summed E-state index contributed by atoms with van der Waals surface area (Å²) in [6.07, 6.45) is 2.18. The van der Waals surface area contributed by atoms with Crippen LogP contribution in [0.5, 0.6) is 0 Å². The zero-order valence-corrected chi connectivity index (χ0v) is 39.1. The molecule has 4 heterocycles. The average molecular weight is 846 g/mol. The van der Waals surface area contributed by atoms with E-state index in [1.165, 1.54) is 49.8 Å². The molecular formula is C59H56BN5. The number of fused-ring (bicyclic) bond motifs is 7. The minimum atomic E-state index is -0.148. The van der Waals surface area contributed by atoms with Gasteiger partial charge in [-0.05, 0) is 128 Å². The monoisotopic (exact) mass is 845 g/mol.